The maximum Gasteiger partial charge on any atom is 0.280 e. The lowest BCUT2D eigenvalue weighted by Gasteiger charge is -2.08. The van der Waals surface area contributed by atoms with Gasteiger partial charge in [0.25, 0.3) is 5.56 Å². The van der Waals surface area contributed by atoms with Crippen LogP contribution in [0, 0.1) is 0 Å². The van der Waals surface area contributed by atoms with Crippen molar-refractivity contribution in [1.82, 2.24) is 19.5 Å². The number of hydrogen-bond donors (Lipinski definition) is 2. The fraction of sp³-hybridized carbons (Fsp3) is 0.364. The van der Waals surface area contributed by atoms with Crippen molar-refractivity contribution in [1.29, 1.82) is 0 Å². The summed E-state index contributed by atoms with van der Waals surface area (Å²) >= 11 is 0. The molecule has 0 saturated carbocycles. The van der Waals surface area contributed by atoms with Crippen LogP contribution in [0.2, 0.25) is 0 Å². The van der Waals surface area contributed by atoms with Crippen LogP contribution in [0.25, 0.3) is 11.2 Å². The molecule has 0 aliphatic rings. The maximum absolute atomic E-state index is 11.8. The first-order valence-electron chi connectivity index (χ1n) is 5.38. The Balaban J connectivity index is 2.64. The summed E-state index contributed by atoms with van der Waals surface area (Å²) in [7, 11) is 0. The molecule has 0 spiro atoms. The van der Waals surface area contributed by atoms with Crippen molar-refractivity contribution in [2.75, 3.05) is 5.32 Å². The molecule has 2 N–H and O–H groups in total. The zero-order valence-electron chi connectivity index (χ0n) is 10.1. The van der Waals surface area contributed by atoms with Gasteiger partial charge in [-0.3, -0.25) is 9.78 Å². The van der Waals surface area contributed by atoms with Crippen LogP contribution in [-0.2, 0) is 0 Å². The predicted octanol–water partition coefficient (Wildman–Crippen LogP) is 1.65. The molecule has 0 atom stereocenters. The number of anilines is 1. The number of nitrogens with one attached hydrogen (secondary N) is 2. The number of imidazole rings is 1. The summed E-state index contributed by atoms with van der Waals surface area (Å²) in [5.74, 6) is 0.386. The smallest absolute Gasteiger partial charge is 0.280 e. The van der Waals surface area contributed by atoms with Crippen LogP contribution in [0.3, 0.4) is 0 Å². The Hall–Kier alpha value is -2.11. The van der Waals surface area contributed by atoms with Crippen LogP contribution in [0.1, 0.15) is 26.8 Å². The van der Waals surface area contributed by atoms with Gasteiger partial charge < -0.3 is 9.88 Å². The van der Waals surface area contributed by atoms with E-state index in [2.05, 4.69) is 26.8 Å². The Kier molecular flexibility index (Phi) is 2.71. The second kappa shape index (κ2) is 4.04. The predicted molar refractivity (Wildman–Crippen MR) is 67.0 cm³/mol. The molecule has 0 aromatic carbocycles. The number of allylic oxidation sites excluding steroid dienone is 1. The first-order valence-corrected chi connectivity index (χ1v) is 5.38. The van der Waals surface area contributed by atoms with Crippen molar-refractivity contribution in [3.8, 4) is 0 Å². The minimum absolute atomic E-state index is 0.201. The number of rotatable bonds is 3. The van der Waals surface area contributed by atoms with Crippen molar-refractivity contribution in [2.45, 2.75) is 26.8 Å². The van der Waals surface area contributed by atoms with Crippen LogP contribution >= 0.6 is 0 Å². The summed E-state index contributed by atoms with van der Waals surface area (Å²) in [5.41, 5.74) is 1.39. The largest absolute Gasteiger partial charge is 0.330 e. The lowest BCUT2D eigenvalue weighted by Crippen LogP contribution is -2.13. The van der Waals surface area contributed by atoms with Crippen LogP contribution < -0.4 is 10.9 Å². The normalized spacial score (nSPS) is 11.1. The van der Waals surface area contributed by atoms with Crippen molar-refractivity contribution >= 4 is 17.1 Å². The van der Waals surface area contributed by atoms with E-state index in [1.54, 1.807) is 13.3 Å². The molecule has 17 heavy (non-hydrogen) atoms. The Morgan fingerprint density at radius 1 is 1.59 bits per heavy atom. The molecule has 6 nitrogen and oxygen atoms in total. The molecule has 0 aliphatic heterocycles. The Morgan fingerprint density at radius 3 is 2.88 bits per heavy atom. The van der Waals surface area contributed by atoms with Gasteiger partial charge in [0.05, 0.1) is 6.33 Å². The summed E-state index contributed by atoms with van der Waals surface area (Å²) in [6, 6.07) is 0.201. The number of H-pyrrole nitrogens is 1. The lowest BCUT2D eigenvalue weighted by atomic mass is 10.4. The highest BCUT2D eigenvalue weighted by Gasteiger charge is 2.11. The van der Waals surface area contributed by atoms with E-state index in [1.165, 1.54) is 0 Å². The quantitative estimate of drug-likeness (QED) is 0.845. The van der Waals surface area contributed by atoms with Gasteiger partial charge in [-0.15, -0.1) is 0 Å². The van der Waals surface area contributed by atoms with E-state index in [-0.39, 0.29) is 11.6 Å². The fourth-order valence-electron chi connectivity index (χ4n) is 1.57. The summed E-state index contributed by atoms with van der Waals surface area (Å²) < 4.78 is 1.86. The highest BCUT2D eigenvalue weighted by atomic mass is 16.1. The number of nitrogens with zero attached hydrogens (tertiary/aromatic N) is 3. The third kappa shape index (κ3) is 2.06. The molecule has 2 aromatic heterocycles. The summed E-state index contributed by atoms with van der Waals surface area (Å²) in [5, 5.41) is 2.89. The average Bonchev–Trinajstić information content (AvgIpc) is 2.60. The molecular formula is C11H15N5O. The molecule has 0 bridgehead atoms. The molecule has 0 saturated heterocycles. The van der Waals surface area contributed by atoms with E-state index in [1.807, 2.05) is 18.4 Å². The molecule has 0 amide bonds. The zero-order chi connectivity index (χ0) is 12.6. The highest BCUT2D eigenvalue weighted by Crippen LogP contribution is 2.13. The number of hydrogen-bond acceptors (Lipinski definition) is 4. The molecule has 0 radical (unpaired) electrons. The van der Waals surface area contributed by atoms with Gasteiger partial charge in [-0.05, 0) is 20.8 Å². The molecular weight excluding hydrogens is 218 g/mol. The standard InChI is InChI=1S/C11H15N5O/c1-6(2)13-11-14-9-8(10(17)15-11)12-5-16(9)7(3)4/h5,7H,1H2,2-4H3,(H2,13,14,15,17). The maximum atomic E-state index is 11.8. The van der Waals surface area contributed by atoms with Gasteiger partial charge in [0.15, 0.2) is 11.2 Å². The molecule has 6 heteroatoms. The van der Waals surface area contributed by atoms with E-state index < -0.39 is 0 Å². The average molecular weight is 233 g/mol. The van der Waals surface area contributed by atoms with Gasteiger partial charge in [-0.25, -0.2) is 4.98 Å². The van der Waals surface area contributed by atoms with Crippen molar-refractivity contribution in [3.05, 3.63) is 29.0 Å². The third-order valence-electron chi connectivity index (χ3n) is 2.32. The van der Waals surface area contributed by atoms with E-state index >= 15 is 0 Å². The third-order valence-corrected chi connectivity index (χ3v) is 2.32. The molecule has 0 aliphatic carbocycles. The second-order valence-electron chi connectivity index (χ2n) is 4.24. The first kappa shape index (κ1) is 11.4. The minimum Gasteiger partial charge on any atom is -0.330 e. The Labute approximate surface area is 98.4 Å². The van der Waals surface area contributed by atoms with Crippen LogP contribution in [-0.4, -0.2) is 19.5 Å². The van der Waals surface area contributed by atoms with Crippen LogP contribution in [0.15, 0.2) is 23.4 Å². The second-order valence-corrected chi connectivity index (χ2v) is 4.24. The van der Waals surface area contributed by atoms with E-state index in [0.29, 0.717) is 22.8 Å². The van der Waals surface area contributed by atoms with Gasteiger partial charge >= 0.3 is 0 Å². The summed E-state index contributed by atoms with van der Waals surface area (Å²) in [4.78, 5) is 22.8. The van der Waals surface area contributed by atoms with Gasteiger partial charge in [-0.1, -0.05) is 6.58 Å². The van der Waals surface area contributed by atoms with Crippen LogP contribution in [0.4, 0.5) is 5.95 Å². The molecule has 0 unspecified atom stereocenters. The molecule has 2 aromatic rings. The summed E-state index contributed by atoms with van der Waals surface area (Å²) in [6.45, 7) is 9.52. The van der Waals surface area contributed by atoms with Gasteiger partial charge in [0.2, 0.25) is 5.95 Å². The SMILES string of the molecule is C=C(C)Nc1nc2c(ncn2C(C)C)c(=O)[nH]1. The number of aromatic nitrogens is 4. The number of fused-ring (bicyclic) bond motifs is 1. The number of aromatic amines is 1. The Morgan fingerprint density at radius 2 is 2.29 bits per heavy atom. The highest BCUT2D eigenvalue weighted by molar-refractivity contribution is 5.71. The lowest BCUT2D eigenvalue weighted by molar-refractivity contribution is 0.613. The fourth-order valence-corrected chi connectivity index (χ4v) is 1.57. The van der Waals surface area contributed by atoms with Crippen LogP contribution in [0.5, 0.6) is 0 Å². The molecule has 2 rings (SSSR count). The van der Waals surface area contributed by atoms with Crippen molar-refractivity contribution < 1.29 is 0 Å². The van der Waals surface area contributed by atoms with E-state index in [0.717, 1.165) is 0 Å². The van der Waals surface area contributed by atoms with Gasteiger partial charge in [0.1, 0.15) is 0 Å². The van der Waals surface area contributed by atoms with Crippen molar-refractivity contribution in [2.24, 2.45) is 0 Å². The van der Waals surface area contributed by atoms with Gasteiger partial charge in [-0.2, -0.15) is 4.98 Å². The van der Waals surface area contributed by atoms with E-state index in [9.17, 15) is 4.79 Å². The van der Waals surface area contributed by atoms with E-state index in [4.69, 9.17) is 0 Å². The first-order chi connectivity index (χ1) is 7.99. The zero-order valence-corrected chi connectivity index (χ0v) is 10.1. The Bertz CT molecular complexity index is 622. The minimum atomic E-state index is -0.252. The monoisotopic (exact) mass is 233 g/mol. The molecule has 90 valence electrons. The molecule has 0 fully saturated rings. The summed E-state index contributed by atoms with van der Waals surface area (Å²) in [6.07, 6.45) is 1.63. The van der Waals surface area contributed by atoms with Crippen molar-refractivity contribution in [3.63, 3.8) is 0 Å². The van der Waals surface area contributed by atoms with Gasteiger partial charge in [0, 0.05) is 11.7 Å². The molecule has 2 heterocycles. The topological polar surface area (TPSA) is 75.6 Å².